The van der Waals surface area contributed by atoms with Crippen molar-refractivity contribution in [3.8, 4) is 5.75 Å². The fourth-order valence-corrected chi connectivity index (χ4v) is 1.79. The Kier molecular flexibility index (Phi) is 6.02. The molecule has 1 aromatic carbocycles. The van der Waals surface area contributed by atoms with E-state index in [2.05, 4.69) is 4.74 Å². The van der Waals surface area contributed by atoms with Gasteiger partial charge in [0.15, 0.2) is 0 Å². The Labute approximate surface area is 116 Å². The Morgan fingerprint density at radius 1 is 1.39 bits per heavy atom. The third-order valence-electron chi connectivity index (χ3n) is 2.29. The van der Waals surface area contributed by atoms with Crippen molar-refractivity contribution in [1.29, 1.82) is 0 Å². The molecule has 3 nitrogen and oxygen atoms in total. The molecule has 0 aliphatic rings. The Morgan fingerprint density at radius 2 is 2.11 bits per heavy atom. The molecule has 1 aromatic rings. The Balaban J connectivity index is 2.65. The van der Waals surface area contributed by atoms with Gasteiger partial charge >= 0.3 is 5.97 Å². The number of esters is 1. The number of halogens is 2. The molecule has 0 heterocycles. The lowest BCUT2D eigenvalue weighted by Crippen LogP contribution is -2.06. The molecule has 0 aliphatic heterocycles. The van der Waals surface area contributed by atoms with Crippen LogP contribution in [0.5, 0.6) is 5.75 Å². The molecule has 0 radical (unpaired) electrons. The Morgan fingerprint density at radius 3 is 2.67 bits per heavy atom. The fraction of sp³-hybridized carbons (Fsp3) is 0.308. The molecular formula is C13H14Cl2O3. The van der Waals surface area contributed by atoms with Gasteiger partial charge in [-0.3, -0.25) is 0 Å². The van der Waals surface area contributed by atoms with Crippen molar-refractivity contribution in [3.05, 3.63) is 39.9 Å². The third-order valence-corrected chi connectivity index (χ3v) is 2.82. The zero-order valence-corrected chi connectivity index (χ0v) is 11.7. The standard InChI is InChI=1S/C13H14Cl2O3/c1-3-9(13(16)17-2)6-7-18-12-5-4-10(14)8-11(12)15/h4-6,8H,3,7H2,1-2H3. The second-order valence-corrected chi connectivity index (χ2v) is 4.30. The highest BCUT2D eigenvalue weighted by molar-refractivity contribution is 6.35. The van der Waals surface area contributed by atoms with Crippen LogP contribution in [0.2, 0.25) is 10.0 Å². The van der Waals surface area contributed by atoms with Gasteiger partial charge in [0.05, 0.1) is 12.1 Å². The average Bonchev–Trinajstić information content (AvgIpc) is 2.36. The maximum absolute atomic E-state index is 11.3. The predicted octanol–water partition coefficient (Wildman–Crippen LogP) is 3.88. The summed E-state index contributed by atoms with van der Waals surface area (Å²) >= 11 is 11.7. The lowest BCUT2D eigenvalue weighted by Gasteiger charge is -2.07. The average molecular weight is 289 g/mol. The van der Waals surface area contributed by atoms with Crippen molar-refractivity contribution < 1.29 is 14.3 Å². The van der Waals surface area contributed by atoms with Crippen LogP contribution in [0.25, 0.3) is 0 Å². The lowest BCUT2D eigenvalue weighted by molar-refractivity contribution is -0.136. The van der Waals surface area contributed by atoms with Gasteiger partial charge in [-0.25, -0.2) is 4.79 Å². The first kappa shape index (κ1) is 14.9. The molecule has 0 amide bonds. The third kappa shape index (κ3) is 4.24. The zero-order chi connectivity index (χ0) is 13.5. The Hall–Kier alpha value is -1.19. The van der Waals surface area contributed by atoms with Gasteiger partial charge < -0.3 is 9.47 Å². The molecule has 0 saturated heterocycles. The second-order valence-electron chi connectivity index (χ2n) is 3.46. The van der Waals surface area contributed by atoms with Crippen molar-refractivity contribution in [3.63, 3.8) is 0 Å². The van der Waals surface area contributed by atoms with Gasteiger partial charge in [-0.15, -0.1) is 0 Å². The topological polar surface area (TPSA) is 35.5 Å². The van der Waals surface area contributed by atoms with Crippen LogP contribution in [0, 0.1) is 0 Å². The molecule has 98 valence electrons. The highest BCUT2D eigenvalue weighted by Gasteiger charge is 2.07. The molecule has 0 spiro atoms. The number of rotatable bonds is 5. The van der Waals surface area contributed by atoms with Crippen LogP contribution in [-0.2, 0) is 9.53 Å². The van der Waals surface area contributed by atoms with Gasteiger partial charge in [0.1, 0.15) is 12.4 Å². The molecule has 5 heteroatoms. The number of hydrogen-bond donors (Lipinski definition) is 0. The van der Waals surface area contributed by atoms with Gasteiger partial charge in [0.2, 0.25) is 0 Å². The number of methoxy groups -OCH3 is 1. The summed E-state index contributed by atoms with van der Waals surface area (Å²) < 4.78 is 10.1. The molecule has 0 bridgehead atoms. The monoisotopic (exact) mass is 288 g/mol. The van der Waals surface area contributed by atoms with E-state index >= 15 is 0 Å². The van der Waals surface area contributed by atoms with Crippen LogP contribution in [0.1, 0.15) is 13.3 Å². The van der Waals surface area contributed by atoms with Crippen molar-refractivity contribution in [2.45, 2.75) is 13.3 Å². The normalized spacial score (nSPS) is 11.2. The predicted molar refractivity (Wildman–Crippen MR) is 72.3 cm³/mol. The van der Waals surface area contributed by atoms with E-state index < -0.39 is 0 Å². The van der Waals surface area contributed by atoms with Gasteiger partial charge in [0.25, 0.3) is 0 Å². The van der Waals surface area contributed by atoms with E-state index in [-0.39, 0.29) is 12.6 Å². The van der Waals surface area contributed by atoms with Gasteiger partial charge in [-0.1, -0.05) is 30.1 Å². The summed E-state index contributed by atoms with van der Waals surface area (Å²) in [5.74, 6) is 0.181. The SMILES string of the molecule is CCC(=CCOc1ccc(Cl)cc1Cl)C(=O)OC. The molecule has 0 aromatic heterocycles. The van der Waals surface area contributed by atoms with Crippen molar-refractivity contribution in [2.75, 3.05) is 13.7 Å². The van der Waals surface area contributed by atoms with Crippen LogP contribution in [-0.4, -0.2) is 19.7 Å². The van der Waals surface area contributed by atoms with E-state index in [4.69, 9.17) is 27.9 Å². The van der Waals surface area contributed by atoms with E-state index in [0.29, 0.717) is 27.8 Å². The van der Waals surface area contributed by atoms with E-state index in [1.807, 2.05) is 6.92 Å². The maximum Gasteiger partial charge on any atom is 0.333 e. The molecule has 1 rings (SSSR count). The molecule has 0 N–H and O–H groups in total. The lowest BCUT2D eigenvalue weighted by atomic mass is 10.2. The first-order valence-electron chi connectivity index (χ1n) is 5.43. The quantitative estimate of drug-likeness (QED) is 0.609. The minimum atomic E-state index is -0.344. The Bertz CT molecular complexity index is 456. The summed E-state index contributed by atoms with van der Waals surface area (Å²) in [6.07, 6.45) is 2.27. The van der Waals surface area contributed by atoms with Crippen LogP contribution >= 0.6 is 23.2 Å². The minimum absolute atomic E-state index is 0.250. The molecule has 0 aliphatic carbocycles. The van der Waals surface area contributed by atoms with Crippen LogP contribution in [0.3, 0.4) is 0 Å². The summed E-state index contributed by atoms with van der Waals surface area (Å²) in [5.41, 5.74) is 0.572. The zero-order valence-electron chi connectivity index (χ0n) is 10.2. The van der Waals surface area contributed by atoms with E-state index in [9.17, 15) is 4.79 Å². The first-order valence-corrected chi connectivity index (χ1v) is 6.19. The largest absolute Gasteiger partial charge is 0.488 e. The van der Waals surface area contributed by atoms with Gasteiger partial charge in [-0.05, 0) is 30.7 Å². The number of carbonyl (C=O) groups is 1. The van der Waals surface area contributed by atoms with Crippen LogP contribution < -0.4 is 4.74 Å². The van der Waals surface area contributed by atoms with E-state index in [1.54, 1.807) is 24.3 Å². The van der Waals surface area contributed by atoms with Crippen LogP contribution in [0.4, 0.5) is 0 Å². The second kappa shape index (κ2) is 7.29. The van der Waals surface area contributed by atoms with Gasteiger partial charge in [0, 0.05) is 10.6 Å². The molecule has 18 heavy (non-hydrogen) atoms. The summed E-state index contributed by atoms with van der Waals surface area (Å²) in [6, 6.07) is 4.97. The number of hydrogen-bond acceptors (Lipinski definition) is 3. The number of carbonyl (C=O) groups excluding carboxylic acids is 1. The molecule has 0 fully saturated rings. The fourth-order valence-electron chi connectivity index (χ4n) is 1.33. The molecule has 0 unspecified atom stereocenters. The smallest absolute Gasteiger partial charge is 0.333 e. The number of benzene rings is 1. The van der Waals surface area contributed by atoms with Crippen molar-refractivity contribution in [2.24, 2.45) is 0 Å². The van der Waals surface area contributed by atoms with Crippen LogP contribution in [0.15, 0.2) is 29.8 Å². The van der Waals surface area contributed by atoms with Gasteiger partial charge in [-0.2, -0.15) is 0 Å². The molecule has 0 saturated carbocycles. The molecule has 0 atom stereocenters. The maximum atomic E-state index is 11.3. The van der Waals surface area contributed by atoms with Crippen molar-refractivity contribution in [1.82, 2.24) is 0 Å². The van der Waals surface area contributed by atoms with Crippen molar-refractivity contribution >= 4 is 29.2 Å². The first-order chi connectivity index (χ1) is 8.58. The summed E-state index contributed by atoms with van der Waals surface area (Å²) in [4.78, 5) is 11.3. The summed E-state index contributed by atoms with van der Waals surface area (Å²) in [7, 11) is 1.35. The highest BCUT2D eigenvalue weighted by atomic mass is 35.5. The van der Waals surface area contributed by atoms with E-state index in [1.165, 1.54) is 7.11 Å². The summed E-state index contributed by atoms with van der Waals surface area (Å²) in [6.45, 7) is 2.12. The highest BCUT2D eigenvalue weighted by Crippen LogP contribution is 2.27. The summed E-state index contributed by atoms with van der Waals surface area (Å²) in [5, 5.41) is 0.985. The van der Waals surface area contributed by atoms with E-state index in [0.717, 1.165) is 0 Å². The number of ether oxygens (including phenoxy) is 2. The minimum Gasteiger partial charge on any atom is -0.488 e. The molecular weight excluding hydrogens is 275 g/mol.